The topological polar surface area (TPSA) is 38.8 Å². The molecule has 4 nitrogen and oxygen atoms in total. The Labute approximate surface area is 127 Å². The third-order valence-electron chi connectivity index (χ3n) is 3.70. The molecule has 0 bridgehead atoms. The lowest BCUT2D eigenvalue weighted by molar-refractivity contribution is -0.145. The van der Waals surface area contributed by atoms with Crippen LogP contribution in [0.2, 0.25) is 0 Å². The smallest absolute Gasteiger partial charge is 0.320 e. The molecule has 4 heteroatoms. The Hall–Kier alpha value is -1.55. The van der Waals surface area contributed by atoms with Gasteiger partial charge in [0.2, 0.25) is 0 Å². The summed E-state index contributed by atoms with van der Waals surface area (Å²) in [5, 5.41) is 0. The highest BCUT2D eigenvalue weighted by Gasteiger charge is 2.30. The second kappa shape index (κ2) is 8.03. The molecule has 0 saturated heterocycles. The molecule has 0 atom stereocenters. The van der Waals surface area contributed by atoms with Gasteiger partial charge in [-0.1, -0.05) is 25.5 Å². The molecular weight excluding hydrogens is 266 g/mol. The zero-order valence-corrected chi connectivity index (χ0v) is 13.0. The van der Waals surface area contributed by atoms with Crippen LogP contribution in [-0.2, 0) is 16.1 Å². The first-order valence-corrected chi connectivity index (χ1v) is 7.75. The lowest BCUT2D eigenvalue weighted by Crippen LogP contribution is -2.32. The van der Waals surface area contributed by atoms with E-state index in [1.807, 2.05) is 12.1 Å². The molecule has 0 unspecified atom stereocenters. The van der Waals surface area contributed by atoms with Gasteiger partial charge in [-0.15, -0.1) is 0 Å². The molecule has 0 N–H and O–H groups in total. The van der Waals surface area contributed by atoms with Crippen LogP contribution >= 0.6 is 0 Å². The van der Waals surface area contributed by atoms with Crippen LogP contribution in [0.1, 0.15) is 38.2 Å². The summed E-state index contributed by atoms with van der Waals surface area (Å²) in [6.45, 7) is 3.81. The molecule has 21 heavy (non-hydrogen) atoms. The highest BCUT2D eigenvalue weighted by Crippen LogP contribution is 2.28. The molecule has 1 aliphatic carbocycles. The van der Waals surface area contributed by atoms with Crippen LogP contribution in [0.3, 0.4) is 0 Å². The van der Waals surface area contributed by atoms with E-state index in [1.54, 1.807) is 7.11 Å². The van der Waals surface area contributed by atoms with E-state index in [-0.39, 0.29) is 5.97 Å². The fourth-order valence-corrected chi connectivity index (χ4v) is 2.26. The van der Waals surface area contributed by atoms with Crippen molar-refractivity contribution in [3.8, 4) is 5.75 Å². The fourth-order valence-electron chi connectivity index (χ4n) is 2.26. The number of carbonyl (C=O) groups excluding carboxylic acids is 1. The van der Waals surface area contributed by atoms with E-state index in [0.29, 0.717) is 19.2 Å². The maximum Gasteiger partial charge on any atom is 0.320 e. The van der Waals surface area contributed by atoms with Crippen molar-refractivity contribution in [1.29, 1.82) is 0 Å². The van der Waals surface area contributed by atoms with Crippen molar-refractivity contribution in [3.05, 3.63) is 29.8 Å². The summed E-state index contributed by atoms with van der Waals surface area (Å²) >= 11 is 0. The van der Waals surface area contributed by atoms with Gasteiger partial charge in [0.15, 0.2) is 0 Å². The summed E-state index contributed by atoms with van der Waals surface area (Å²) in [6.07, 6.45) is 4.34. The van der Waals surface area contributed by atoms with Crippen molar-refractivity contribution in [2.75, 3.05) is 20.3 Å². The van der Waals surface area contributed by atoms with Crippen molar-refractivity contribution >= 4 is 5.97 Å². The van der Waals surface area contributed by atoms with Gasteiger partial charge in [0.1, 0.15) is 5.75 Å². The maximum atomic E-state index is 11.9. The highest BCUT2D eigenvalue weighted by atomic mass is 16.5. The number of nitrogens with zero attached hydrogens (tertiary/aromatic N) is 1. The van der Waals surface area contributed by atoms with Crippen molar-refractivity contribution in [3.63, 3.8) is 0 Å². The summed E-state index contributed by atoms with van der Waals surface area (Å²) in [5.41, 5.74) is 1.20. The average Bonchev–Trinajstić information content (AvgIpc) is 3.32. The minimum Gasteiger partial charge on any atom is -0.497 e. The molecule has 0 heterocycles. The third kappa shape index (κ3) is 5.38. The Morgan fingerprint density at radius 3 is 2.57 bits per heavy atom. The zero-order chi connectivity index (χ0) is 15.1. The van der Waals surface area contributed by atoms with Gasteiger partial charge in [-0.25, -0.2) is 0 Å². The number of ether oxygens (including phenoxy) is 2. The van der Waals surface area contributed by atoms with Gasteiger partial charge in [-0.3, -0.25) is 9.69 Å². The first-order valence-electron chi connectivity index (χ1n) is 7.75. The monoisotopic (exact) mass is 291 g/mol. The maximum absolute atomic E-state index is 11.9. The average molecular weight is 291 g/mol. The molecule has 1 saturated carbocycles. The molecule has 0 spiro atoms. The molecule has 0 aromatic heterocycles. The molecule has 116 valence electrons. The predicted octanol–water partition coefficient (Wildman–Crippen LogP) is 3.00. The Morgan fingerprint density at radius 1 is 1.29 bits per heavy atom. The molecule has 1 aromatic rings. The first-order chi connectivity index (χ1) is 10.2. The number of rotatable bonds is 9. The molecule has 1 fully saturated rings. The number of hydrogen-bond donors (Lipinski definition) is 0. The minimum atomic E-state index is -0.108. The summed E-state index contributed by atoms with van der Waals surface area (Å²) in [4.78, 5) is 14.1. The zero-order valence-electron chi connectivity index (χ0n) is 13.0. The lowest BCUT2D eigenvalue weighted by atomic mass is 10.2. The third-order valence-corrected chi connectivity index (χ3v) is 3.70. The van der Waals surface area contributed by atoms with Crippen LogP contribution in [0.15, 0.2) is 24.3 Å². The van der Waals surface area contributed by atoms with Crippen LogP contribution in [0.25, 0.3) is 0 Å². The normalized spacial score (nSPS) is 14.2. The van der Waals surface area contributed by atoms with Crippen molar-refractivity contribution < 1.29 is 14.3 Å². The van der Waals surface area contributed by atoms with Gasteiger partial charge in [0.05, 0.1) is 20.3 Å². The van der Waals surface area contributed by atoms with Gasteiger partial charge < -0.3 is 9.47 Å². The van der Waals surface area contributed by atoms with Gasteiger partial charge in [-0.2, -0.15) is 0 Å². The SMILES string of the molecule is CCCCOC(=O)CN(Cc1ccc(OC)cc1)C1CC1. The van der Waals surface area contributed by atoms with Crippen LogP contribution in [0.5, 0.6) is 5.75 Å². The van der Waals surface area contributed by atoms with Crippen LogP contribution in [0, 0.1) is 0 Å². The number of esters is 1. The van der Waals surface area contributed by atoms with E-state index < -0.39 is 0 Å². The van der Waals surface area contributed by atoms with E-state index in [9.17, 15) is 4.79 Å². The van der Waals surface area contributed by atoms with E-state index in [0.717, 1.165) is 25.1 Å². The second-order valence-corrected chi connectivity index (χ2v) is 5.56. The van der Waals surface area contributed by atoms with E-state index in [2.05, 4.69) is 24.0 Å². The Balaban J connectivity index is 1.85. The van der Waals surface area contributed by atoms with Gasteiger partial charge in [-0.05, 0) is 37.0 Å². The molecule has 0 amide bonds. The van der Waals surface area contributed by atoms with Crippen LogP contribution in [0.4, 0.5) is 0 Å². The quantitative estimate of drug-likeness (QED) is 0.518. The number of unbranched alkanes of at least 4 members (excludes halogenated alkanes) is 1. The summed E-state index contributed by atoms with van der Waals surface area (Å²) < 4.78 is 10.4. The van der Waals surface area contributed by atoms with Crippen molar-refractivity contribution in [1.82, 2.24) is 4.90 Å². The molecule has 0 aliphatic heterocycles. The van der Waals surface area contributed by atoms with Gasteiger partial charge in [0, 0.05) is 12.6 Å². The summed E-state index contributed by atoms with van der Waals surface area (Å²) in [7, 11) is 1.66. The van der Waals surface area contributed by atoms with Crippen molar-refractivity contribution in [2.45, 2.75) is 45.2 Å². The second-order valence-electron chi connectivity index (χ2n) is 5.56. The van der Waals surface area contributed by atoms with Gasteiger partial charge >= 0.3 is 5.97 Å². The van der Waals surface area contributed by atoms with E-state index in [1.165, 1.54) is 18.4 Å². The van der Waals surface area contributed by atoms with Gasteiger partial charge in [0.25, 0.3) is 0 Å². The Kier molecular flexibility index (Phi) is 6.05. The molecule has 1 aromatic carbocycles. The Morgan fingerprint density at radius 2 is 2.00 bits per heavy atom. The van der Waals surface area contributed by atoms with E-state index >= 15 is 0 Å². The summed E-state index contributed by atoms with van der Waals surface area (Å²) in [6, 6.07) is 8.55. The molecule has 2 rings (SSSR count). The Bertz CT molecular complexity index is 440. The van der Waals surface area contributed by atoms with Crippen LogP contribution < -0.4 is 4.74 Å². The number of benzene rings is 1. The highest BCUT2D eigenvalue weighted by molar-refractivity contribution is 5.71. The first kappa shape index (κ1) is 15.8. The molecular formula is C17H25NO3. The summed E-state index contributed by atoms with van der Waals surface area (Å²) in [5.74, 6) is 0.750. The number of methoxy groups -OCH3 is 1. The van der Waals surface area contributed by atoms with E-state index in [4.69, 9.17) is 9.47 Å². The number of hydrogen-bond acceptors (Lipinski definition) is 4. The number of carbonyl (C=O) groups is 1. The predicted molar refractivity (Wildman–Crippen MR) is 82.3 cm³/mol. The minimum absolute atomic E-state index is 0.108. The van der Waals surface area contributed by atoms with Crippen LogP contribution in [-0.4, -0.2) is 37.2 Å². The van der Waals surface area contributed by atoms with Crippen molar-refractivity contribution in [2.24, 2.45) is 0 Å². The standard InChI is InChI=1S/C17H25NO3/c1-3-4-11-21-17(19)13-18(15-7-8-15)12-14-5-9-16(20-2)10-6-14/h5-6,9-10,15H,3-4,7-8,11-13H2,1-2H3. The lowest BCUT2D eigenvalue weighted by Gasteiger charge is -2.21. The largest absolute Gasteiger partial charge is 0.497 e. The fraction of sp³-hybridized carbons (Fsp3) is 0.588. The molecule has 1 aliphatic rings. The molecule has 0 radical (unpaired) electrons.